The average molecular weight is 384 g/mol. The molecule has 0 saturated carbocycles. The highest BCUT2D eigenvalue weighted by molar-refractivity contribution is 6.10. The summed E-state index contributed by atoms with van der Waals surface area (Å²) in [6, 6.07) is 8.66. The number of unbranched alkanes of at least 4 members (excludes halogenated alkanes) is 1. The molecule has 5 nitrogen and oxygen atoms in total. The minimum absolute atomic E-state index is 0.0333. The van der Waals surface area contributed by atoms with Crippen LogP contribution in [-0.2, 0) is 11.3 Å². The van der Waals surface area contributed by atoms with Gasteiger partial charge in [-0.15, -0.1) is 0 Å². The highest BCUT2D eigenvalue weighted by Crippen LogP contribution is 2.37. The number of likely N-dealkylation sites (tertiary alicyclic amines) is 1. The van der Waals surface area contributed by atoms with Gasteiger partial charge in [-0.1, -0.05) is 31.5 Å². The first-order valence-corrected chi connectivity index (χ1v) is 10.9. The maximum Gasteiger partial charge on any atom is 0.342 e. The van der Waals surface area contributed by atoms with Gasteiger partial charge in [-0.2, -0.15) is 0 Å². The Bertz CT molecular complexity index is 836. The summed E-state index contributed by atoms with van der Waals surface area (Å²) in [7, 11) is 2.09. The lowest BCUT2D eigenvalue weighted by molar-refractivity contribution is 0.0115. The number of hydrogen-bond donors (Lipinski definition) is 0. The highest BCUT2D eigenvalue weighted by atomic mass is 16.5. The van der Waals surface area contributed by atoms with E-state index < -0.39 is 0 Å². The number of para-hydroxylation sites is 1. The van der Waals surface area contributed by atoms with Crippen LogP contribution < -0.4 is 4.90 Å². The normalized spacial score (nSPS) is 21.1. The first-order valence-electron chi connectivity index (χ1n) is 10.9. The number of benzene rings is 1. The number of ether oxygens (including phenoxy) is 1. The van der Waals surface area contributed by atoms with Gasteiger partial charge in [0, 0.05) is 38.1 Å². The lowest BCUT2D eigenvalue weighted by atomic mass is 10.1. The summed E-state index contributed by atoms with van der Waals surface area (Å²) in [6.07, 6.45) is 5.48. The Labute approximate surface area is 168 Å². The molecule has 2 aliphatic rings. The Kier molecular flexibility index (Phi) is 5.63. The first kappa shape index (κ1) is 19.3. The fourth-order valence-corrected chi connectivity index (χ4v) is 4.65. The smallest absolute Gasteiger partial charge is 0.342 e. The van der Waals surface area contributed by atoms with Gasteiger partial charge in [-0.05, 0) is 45.2 Å². The van der Waals surface area contributed by atoms with Crippen molar-refractivity contribution in [1.29, 1.82) is 0 Å². The Morgan fingerprint density at radius 2 is 1.89 bits per heavy atom. The number of rotatable bonds is 5. The lowest BCUT2D eigenvalue weighted by Crippen LogP contribution is -2.39. The number of hydrogen-bond acceptors (Lipinski definition) is 4. The zero-order chi connectivity index (χ0) is 19.7. The fraction of sp³-hybridized carbons (Fsp3) is 0.609. The van der Waals surface area contributed by atoms with Crippen molar-refractivity contribution < 1.29 is 9.53 Å². The summed E-state index contributed by atoms with van der Waals surface area (Å²) in [5, 5.41) is 1.02. The number of carbonyl (C=O) groups excluding carboxylic acids is 1. The fourth-order valence-electron chi connectivity index (χ4n) is 4.65. The Hall–Kier alpha value is -2.01. The van der Waals surface area contributed by atoms with Gasteiger partial charge in [0.25, 0.3) is 0 Å². The number of carbonyl (C=O) groups is 1. The Morgan fingerprint density at radius 3 is 2.64 bits per heavy atom. The number of anilines is 1. The van der Waals surface area contributed by atoms with Crippen LogP contribution in [0.1, 0.15) is 56.3 Å². The second-order valence-electron chi connectivity index (χ2n) is 8.42. The van der Waals surface area contributed by atoms with Gasteiger partial charge in [0.15, 0.2) is 0 Å². The van der Waals surface area contributed by atoms with Gasteiger partial charge in [-0.3, -0.25) is 0 Å². The van der Waals surface area contributed by atoms with Crippen molar-refractivity contribution in [3.63, 3.8) is 0 Å². The number of aryl methyl sites for hydroxylation is 1. The van der Waals surface area contributed by atoms with E-state index in [9.17, 15) is 4.79 Å². The molecule has 0 spiro atoms. The number of nitrogens with zero attached hydrogens (tertiary/aromatic N) is 3. The van der Waals surface area contributed by atoms with E-state index in [1.165, 1.54) is 12.8 Å². The quantitative estimate of drug-likeness (QED) is 0.722. The van der Waals surface area contributed by atoms with E-state index >= 15 is 0 Å². The Balaban J connectivity index is 1.55. The van der Waals surface area contributed by atoms with Crippen LogP contribution in [0.5, 0.6) is 0 Å². The summed E-state index contributed by atoms with van der Waals surface area (Å²) in [6.45, 7) is 8.63. The van der Waals surface area contributed by atoms with E-state index in [1.54, 1.807) is 0 Å². The van der Waals surface area contributed by atoms with E-state index in [1.807, 2.05) is 6.07 Å². The molecule has 3 heterocycles. The van der Waals surface area contributed by atoms with Crippen molar-refractivity contribution in [1.82, 2.24) is 9.47 Å². The maximum absolute atomic E-state index is 13.3. The molecule has 0 radical (unpaired) electrons. The van der Waals surface area contributed by atoms with Gasteiger partial charge in [0.05, 0.1) is 5.52 Å². The monoisotopic (exact) mass is 383 g/mol. The molecule has 0 N–H and O–H groups in total. The van der Waals surface area contributed by atoms with Gasteiger partial charge in [0.2, 0.25) is 0 Å². The largest absolute Gasteiger partial charge is 0.459 e. The molecule has 1 unspecified atom stereocenters. The number of aromatic nitrogens is 1. The maximum atomic E-state index is 13.3. The standard InChI is InChI=1S/C23H33N3O2/c1-4-5-13-25-14-11-18(12-15-25)28-23(27)21-19-8-6-7-9-20(19)26-16-10-17(2)24(3)22(21)26/h6-9,17-18H,4-5,10-16H2,1-3H3. The summed E-state index contributed by atoms with van der Waals surface area (Å²) in [4.78, 5) is 18.0. The average Bonchev–Trinajstić information content (AvgIpc) is 3.05. The minimum Gasteiger partial charge on any atom is -0.459 e. The summed E-state index contributed by atoms with van der Waals surface area (Å²) in [5.74, 6) is 0.864. The molecule has 4 rings (SSSR count). The predicted molar refractivity (Wildman–Crippen MR) is 114 cm³/mol. The third-order valence-electron chi connectivity index (χ3n) is 6.55. The van der Waals surface area contributed by atoms with E-state index in [0.29, 0.717) is 6.04 Å². The van der Waals surface area contributed by atoms with E-state index in [4.69, 9.17) is 4.74 Å². The number of esters is 1. The third kappa shape index (κ3) is 3.52. The van der Waals surface area contributed by atoms with Gasteiger partial charge >= 0.3 is 5.97 Å². The Morgan fingerprint density at radius 1 is 1.14 bits per heavy atom. The topological polar surface area (TPSA) is 37.7 Å². The number of fused-ring (bicyclic) bond motifs is 3. The van der Waals surface area contributed by atoms with Crippen LogP contribution in [0.2, 0.25) is 0 Å². The predicted octanol–water partition coefficient (Wildman–Crippen LogP) is 4.29. The molecule has 1 fully saturated rings. The molecule has 2 aromatic rings. The molecule has 1 atom stereocenters. The van der Waals surface area contributed by atoms with Crippen LogP contribution in [0.25, 0.3) is 10.9 Å². The zero-order valence-electron chi connectivity index (χ0n) is 17.5. The summed E-state index contributed by atoms with van der Waals surface area (Å²) < 4.78 is 8.33. The molecule has 2 aliphatic heterocycles. The molecule has 0 amide bonds. The third-order valence-corrected chi connectivity index (χ3v) is 6.55. The molecule has 152 valence electrons. The molecule has 1 aromatic heterocycles. The molecule has 28 heavy (non-hydrogen) atoms. The summed E-state index contributed by atoms with van der Waals surface area (Å²) >= 11 is 0. The lowest BCUT2D eigenvalue weighted by Gasteiger charge is -2.34. The minimum atomic E-state index is -0.155. The summed E-state index contributed by atoms with van der Waals surface area (Å²) in [5.41, 5.74) is 1.88. The molecule has 0 bridgehead atoms. The van der Waals surface area contributed by atoms with Crippen LogP contribution in [0, 0.1) is 0 Å². The zero-order valence-corrected chi connectivity index (χ0v) is 17.5. The van der Waals surface area contributed by atoms with Crippen molar-refractivity contribution in [3.05, 3.63) is 29.8 Å². The first-order chi connectivity index (χ1) is 13.6. The van der Waals surface area contributed by atoms with Crippen molar-refractivity contribution in [2.24, 2.45) is 0 Å². The van der Waals surface area contributed by atoms with E-state index in [-0.39, 0.29) is 12.1 Å². The van der Waals surface area contributed by atoms with Crippen LogP contribution in [0.15, 0.2) is 24.3 Å². The molecule has 0 aliphatic carbocycles. The van der Waals surface area contributed by atoms with E-state index in [0.717, 1.165) is 67.7 Å². The number of piperidine rings is 1. The van der Waals surface area contributed by atoms with Crippen molar-refractivity contribution in [2.75, 3.05) is 31.6 Å². The molecule has 5 heteroatoms. The molecule has 1 aromatic carbocycles. The van der Waals surface area contributed by atoms with Crippen molar-refractivity contribution in [2.45, 2.75) is 64.6 Å². The van der Waals surface area contributed by atoms with Gasteiger partial charge in [-0.25, -0.2) is 4.79 Å². The van der Waals surface area contributed by atoms with Crippen LogP contribution in [0.4, 0.5) is 5.82 Å². The molecular formula is C23H33N3O2. The van der Waals surface area contributed by atoms with Crippen LogP contribution >= 0.6 is 0 Å². The van der Waals surface area contributed by atoms with Crippen molar-refractivity contribution in [3.8, 4) is 0 Å². The highest BCUT2D eigenvalue weighted by Gasteiger charge is 2.32. The van der Waals surface area contributed by atoms with Gasteiger partial charge < -0.3 is 19.1 Å². The second kappa shape index (κ2) is 8.16. The van der Waals surface area contributed by atoms with Crippen LogP contribution in [0.3, 0.4) is 0 Å². The van der Waals surface area contributed by atoms with Gasteiger partial charge in [0.1, 0.15) is 17.5 Å². The van der Waals surface area contributed by atoms with Crippen LogP contribution in [-0.4, -0.2) is 54.3 Å². The molecular weight excluding hydrogens is 350 g/mol. The molecule has 1 saturated heterocycles. The SMILES string of the molecule is CCCCN1CCC(OC(=O)c2c3n(c4ccccc24)CCC(C)N3C)CC1. The van der Waals surface area contributed by atoms with Crippen molar-refractivity contribution >= 4 is 22.7 Å². The van der Waals surface area contributed by atoms with E-state index in [2.05, 4.69) is 53.5 Å². The second-order valence-corrected chi connectivity index (χ2v) is 8.42.